The molecule has 0 saturated carbocycles. The molecule has 2 rings (SSSR count). The number of ether oxygens (including phenoxy) is 2. The molecular weight excluding hydrogens is 286 g/mol. The number of hydrogen-bond acceptors (Lipinski definition) is 5. The van der Waals surface area contributed by atoms with Gasteiger partial charge in [-0.3, -0.25) is 10.00 Å². The van der Waals surface area contributed by atoms with Crippen LogP contribution in [0.3, 0.4) is 0 Å². The van der Waals surface area contributed by atoms with Gasteiger partial charge in [-0.05, 0) is 25.1 Å². The molecule has 1 amide bonds. The first kappa shape index (κ1) is 15.6. The van der Waals surface area contributed by atoms with Crippen molar-refractivity contribution in [3.63, 3.8) is 0 Å². The van der Waals surface area contributed by atoms with Gasteiger partial charge in [0.05, 0.1) is 13.2 Å². The zero-order valence-corrected chi connectivity index (χ0v) is 12.1. The van der Waals surface area contributed by atoms with E-state index in [4.69, 9.17) is 9.47 Å². The topological polar surface area (TPSA) is 82.5 Å². The van der Waals surface area contributed by atoms with Gasteiger partial charge in [0.1, 0.15) is 0 Å². The van der Waals surface area contributed by atoms with Gasteiger partial charge in [0.15, 0.2) is 0 Å². The Bertz CT molecular complexity index is 599. The lowest BCUT2D eigenvalue weighted by molar-refractivity contribution is -0.153. The van der Waals surface area contributed by atoms with Crippen LogP contribution < -0.4 is 5.32 Å². The molecule has 1 N–H and O–H groups in total. The molecule has 116 valence electrons. The maximum atomic E-state index is 11.9. The summed E-state index contributed by atoms with van der Waals surface area (Å²) in [6.45, 7) is 1.99. The first-order valence-electron chi connectivity index (χ1n) is 6.85. The second-order valence-corrected chi connectivity index (χ2v) is 4.37. The van der Waals surface area contributed by atoms with Gasteiger partial charge in [-0.1, -0.05) is 18.2 Å². The quantitative estimate of drug-likeness (QED) is 0.826. The number of carbonyl (C=O) groups excluding carboxylic acids is 2. The molecule has 1 atom stereocenters. The van der Waals surface area contributed by atoms with E-state index in [0.717, 1.165) is 0 Å². The van der Waals surface area contributed by atoms with E-state index < -0.39 is 18.2 Å². The molecule has 0 aliphatic rings. The molecule has 22 heavy (non-hydrogen) atoms. The number of para-hydroxylation sites is 1. The third-order valence-electron chi connectivity index (χ3n) is 2.73. The fourth-order valence-corrected chi connectivity index (χ4v) is 1.77. The first-order chi connectivity index (χ1) is 10.7. The highest BCUT2D eigenvalue weighted by Crippen LogP contribution is 2.08. The average Bonchev–Trinajstić information content (AvgIpc) is 3.01. The van der Waals surface area contributed by atoms with E-state index in [1.165, 1.54) is 4.68 Å². The molecule has 0 fully saturated rings. The van der Waals surface area contributed by atoms with Crippen molar-refractivity contribution in [2.24, 2.45) is 0 Å². The molecule has 7 nitrogen and oxygen atoms in total. The highest BCUT2D eigenvalue weighted by atomic mass is 16.6. The Morgan fingerprint density at radius 1 is 1.27 bits per heavy atom. The average molecular weight is 303 g/mol. The van der Waals surface area contributed by atoms with Crippen LogP contribution in [0.25, 0.3) is 0 Å². The molecule has 1 unspecified atom stereocenters. The Morgan fingerprint density at radius 3 is 2.68 bits per heavy atom. The number of esters is 1. The zero-order valence-electron chi connectivity index (χ0n) is 12.1. The van der Waals surface area contributed by atoms with Crippen LogP contribution in [-0.2, 0) is 20.8 Å². The number of anilines is 1. The second kappa shape index (κ2) is 7.82. The third-order valence-corrected chi connectivity index (χ3v) is 2.73. The van der Waals surface area contributed by atoms with Crippen LogP contribution >= 0.6 is 0 Å². The van der Waals surface area contributed by atoms with Crippen molar-refractivity contribution in [1.29, 1.82) is 0 Å². The highest BCUT2D eigenvalue weighted by Gasteiger charge is 2.25. The molecule has 0 bridgehead atoms. The van der Waals surface area contributed by atoms with Crippen molar-refractivity contribution < 1.29 is 19.1 Å². The Labute approximate surface area is 127 Å². The molecule has 7 heteroatoms. The Morgan fingerprint density at radius 2 is 2.05 bits per heavy atom. The van der Waals surface area contributed by atoms with Gasteiger partial charge in [0.2, 0.25) is 6.10 Å². The Hall–Kier alpha value is -2.83. The maximum absolute atomic E-state index is 11.9. The number of nitrogens with one attached hydrogen (secondary N) is 1. The molecule has 0 spiro atoms. The third kappa shape index (κ3) is 4.62. The van der Waals surface area contributed by atoms with E-state index >= 15 is 0 Å². The molecule has 1 aromatic carbocycles. The van der Waals surface area contributed by atoms with Gasteiger partial charge in [-0.25, -0.2) is 9.59 Å². The van der Waals surface area contributed by atoms with E-state index in [1.54, 1.807) is 49.6 Å². The SMILES string of the molecule is CCOC(=O)C(Cn1cccn1)OC(=O)Nc1ccccc1. The molecular formula is C15H17N3O4. The van der Waals surface area contributed by atoms with Gasteiger partial charge < -0.3 is 9.47 Å². The minimum Gasteiger partial charge on any atom is -0.463 e. The predicted molar refractivity (Wildman–Crippen MR) is 79.2 cm³/mol. The van der Waals surface area contributed by atoms with Crippen LogP contribution in [0.1, 0.15) is 6.92 Å². The summed E-state index contributed by atoms with van der Waals surface area (Å²) in [6, 6.07) is 10.5. The van der Waals surface area contributed by atoms with Crippen molar-refractivity contribution >= 4 is 17.7 Å². The van der Waals surface area contributed by atoms with Gasteiger partial charge in [-0.2, -0.15) is 5.10 Å². The largest absolute Gasteiger partial charge is 0.463 e. The predicted octanol–water partition coefficient (Wildman–Crippen LogP) is 2.06. The normalized spacial score (nSPS) is 11.5. The molecule has 0 radical (unpaired) electrons. The van der Waals surface area contributed by atoms with Gasteiger partial charge >= 0.3 is 12.1 Å². The van der Waals surface area contributed by atoms with Gasteiger partial charge in [0, 0.05) is 18.1 Å². The van der Waals surface area contributed by atoms with Crippen LogP contribution in [0.15, 0.2) is 48.8 Å². The number of rotatable bonds is 6. The second-order valence-electron chi connectivity index (χ2n) is 4.37. The number of nitrogens with zero attached hydrogens (tertiary/aromatic N) is 2. The fraction of sp³-hybridized carbons (Fsp3) is 0.267. The van der Waals surface area contributed by atoms with E-state index in [0.29, 0.717) is 5.69 Å². The number of hydrogen-bond donors (Lipinski definition) is 1. The summed E-state index contributed by atoms with van der Waals surface area (Å²) in [6.07, 6.45) is 1.46. The summed E-state index contributed by atoms with van der Waals surface area (Å²) in [5.74, 6) is -0.610. The van der Waals surface area contributed by atoms with E-state index in [1.807, 2.05) is 6.07 Å². The van der Waals surface area contributed by atoms with Crippen LogP contribution in [0.5, 0.6) is 0 Å². The van der Waals surface area contributed by atoms with Gasteiger partial charge in [0.25, 0.3) is 0 Å². The lowest BCUT2D eigenvalue weighted by Crippen LogP contribution is -2.35. The number of aromatic nitrogens is 2. The van der Waals surface area contributed by atoms with Gasteiger partial charge in [-0.15, -0.1) is 0 Å². The van der Waals surface area contributed by atoms with E-state index in [-0.39, 0.29) is 13.2 Å². The summed E-state index contributed by atoms with van der Waals surface area (Å²) in [5, 5.41) is 6.54. The van der Waals surface area contributed by atoms with Crippen molar-refractivity contribution in [2.45, 2.75) is 19.6 Å². The van der Waals surface area contributed by atoms with Crippen molar-refractivity contribution in [2.75, 3.05) is 11.9 Å². The van der Waals surface area contributed by atoms with Crippen LogP contribution in [0.2, 0.25) is 0 Å². The monoisotopic (exact) mass is 303 g/mol. The lowest BCUT2D eigenvalue weighted by atomic mass is 10.3. The maximum Gasteiger partial charge on any atom is 0.412 e. The summed E-state index contributed by atoms with van der Waals surface area (Å²) < 4.78 is 11.6. The Kier molecular flexibility index (Phi) is 5.53. The number of amides is 1. The van der Waals surface area contributed by atoms with Crippen molar-refractivity contribution in [3.05, 3.63) is 48.8 Å². The van der Waals surface area contributed by atoms with Crippen LogP contribution in [0.4, 0.5) is 10.5 Å². The summed E-state index contributed by atoms with van der Waals surface area (Å²) >= 11 is 0. The summed E-state index contributed by atoms with van der Waals surface area (Å²) in [4.78, 5) is 23.8. The number of benzene rings is 1. The Balaban J connectivity index is 1.98. The molecule has 0 aliphatic heterocycles. The molecule has 0 aliphatic carbocycles. The van der Waals surface area contributed by atoms with Crippen molar-refractivity contribution in [3.8, 4) is 0 Å². The van der Waals surface area contributed by atoms with Crippen molar-refractivity contribution in [1.82, 2.24) is 9.78 Å². The smallest absolute Gasteiger partial charge is 0.412 e. The van der Waals surface area contributed by atoms with Crippen LogP contribution in [-0.4, -0.2) is 34.6 Å². The van der Waals surface area contributed by atoms with Crippen LogP contribution in [0, 0.1) is 0 Å². The zero-order chi connectivity index (χ0) is 15.8. The minimum absolute atomic E-state index is 0.0913. The molecule has 1 aromatic heterocycles. The molecule has 1 heterocycles. The fourth-order valence-electron chi connectivity index (χ4n) is 1.77. The number of carbonyl (C=O) groups is 2. The molecule has 2 aromatic rings. The highest BCUT2D eigenvalue weighted by molar-refractivity contribution is 5.87. The molecule has 0 saturated heterocycles. The minimum atomic E-state index is -1.07. The standard InChI is InChI=1S/C15H17N3O4/c1-2-21-14(19)13(11-18-10-6-9-16-18)22-15(20)17-12-7-4-3-5-8-12/h3-10,13H,2,11H2,1H3,(H,17,20). The lowest BCUT2D eigenvalue weighted by Gasteiger charge is -2.16. The first-order valence-corrected chi connectivity index (χ1v) is 6.85. The summed E-state index contributed by atoms with van der Waals surface area (Å²) in [5.41, 5.74) is 0.578. The summed E-state index contributed by atoms with van der Waals surface area (Å²) in [7, 11) is 0. The van der Waals surface area contributed by atoms with E-state index in [9.17, 15) is 9.59 Å². The van der Waals surface area contributed by atoms with E-state index in [2.05, 4.69) is 10.4 Å².